The Hall–Kier alpha value is -1.65. The zero-order chi connectivity index (χ0) is 12.1. The highest BCUT2D eigenvalue weighted by Crippen LogP contribution is 2.09. The van der Waals surface area contributed by atoms with Crippen molar-refractivity contribution >= 4 is 11.9 Å². The number of aromatic nitrogens is 2. The van der Waals surface area contributed by atoms with Crippen LogP contribution < -0.4 is 4.90 Å². The third-order valence-electron chi connectivity index (χ3n) is 1.98. The van der Waals surface area contributed by atoms with Crippen LogP contribution in [0.25, 0.3) is 0 Å². The summed E-state index contributed by atoms with van der Waals surface area (Å²) in [7, 11) is 0. The average Bonchev–Trinajstić information content (AvgIpc) is 2.15. The van der Waals surface area contributed by atoms with Gasteiger partial charge in [0, 0.05) is 18.4 Å². The van der Waals surface area contributed by atoms with Crippen LogP contribution in [0, 0.1) is 12.8 Å². The summed E-state index contributed by atoms with van der Waals surface area (Å²) in [5.74, 6) is -0.0229. The smallest absolute Gasteiger partial charge is 0.323 e. The van der Waals surface area contributed by atoms with Gasteiger partial charge in [-0.05, 0) is 18.9 Å². The van der Waals surface area contributed by atoms with E-state index in [1.165, 1.54) is 0 Å². The maximum atomic E-state index is 10.8. The lowest BCUT2D eigenvalue weighted by Crippen LogP contribution is -2.34. The van der Waals surface area contributed by atoms with E-state index in [-0.39, 0.29) is 6.54 Å². The zero-order valence-corrected chi connectivity index (χ0v) is 9.84. The molecule has 0 saturated carbocycles. The summed E-state index contributed by atoms with van der Waals surface area (Å²) in [5.41, 5.74) is 0.837. The molecule has 0 amide bonds. The van der Waals surface area contributed by atoms with Gasteiger partial charge in [-0.1, -0.05) is 13.8 Å². The largest absolute Gasteiger partial charge is 0.480 e. The first-order chi connectivity index (χ1) is 7.49. The number of carboxylic acid groups (broad SMARTS) is 1. The van der Waals surface area contributed by atoms with Gasteiger partial charge in [0.25, 0.3) is 0 Å². The van der Waals surface area contributed by atoms with E-state index in [0.717, 1.165) is 5.69 Å². The van der Waals surface area contributed by atoms with Crippen molar-refractivity contribution in [2.45, 2.75) is 20.8 Å². The fourth-order valence-electron chi connectivity index (χ4n) is 1.41. The van der Waals surface area contributed by atoms with Crippen molar-refractivity contribution in [1.29, 1.82) is 0 Å². The minimum Gasteiger partial charge on any atom is -0.480 e. The van der Waals surface area contributed by atoms with Crippen molar-refractivity contribution in [3.8, 4) is 0 Å². The standard InChI is InChI=1S/C11H17N3O2/c1-8(2)6-14(7-10(15)16)11-12-5-4-9(3)13-11/h4-5,8H,6-7H2,1-3H3,(H,15,16). The van der Waals surface area contributed by atoms with Crippen LogP contribution in [0.2, 0.25) is 0 Å². The molecule has 0 aromatic carbocycles. The molecule has 0 fully saturated rings. The Balaban J connectivity index is 2.86. The average molecular weight is 223 g/mol. The van der Waals surface area contributed by atoms with Gasteiger partial charge in [-0.15, -0.1) is 0 Å². The summed E-state index contributed by atoms with van der Waals surface area (Å²) in [4.78, 5) is 20.8. The molecular weight excluding hydrogens is 206 g/mol. The normalized spacial score (nSPS) is 10.5. The van der Waals surface area contributed by atoms with Crippen molar-refractivity contribution in [2.24, 2.45) is 5.92 Å². The van der Waals surface area contributed by atoms with Crippen molar-refractivity contribution in [1.82, 2.24) is 9.97 Å². The molecule has 5 heteroatoms. The van der Waals surface area contributed by atoms with E-state index in [1.807, 2.05) is 20.8 Å². The lowest BCUT2D eigenvalue weighted by molar-refractivity contribution is -0.135. The Kier molecular flexibility index (Phi) is 4.22. The number of hydrogen-bond acceptors (Lipinski definition) is 4. The van der Waals surface area contributed by atoms with Crippen LogP contribution in [-0.4, -0.2) is 34.1 Å². The molecule has 0 aliphatic heterocycles. The SMILES string of the molecule is Cc1ccnc(N(CC(=O)O)CC(C)C)n1. The van der Waals surface area contributed by atoms with Crippen molar-refractivity contribution in [3.05, 3.63) is 18.0 Å². The number of hydrogen-bond donors (Lipinski definition) is 1. The monoisotopic (exact) mass is 223 g/mol. The van der Waals surface area contributed by atoms with Gasteiger partial charge >= 0.3 is 5.97 Å². The van der Waals surface area contributed by atoms with Crippen LogP contribution in [0.3, 0.4) is 0 Å². The van der Waals surface area contributed by atoms with E-state index in [9.17, 15) is 4.79 Å². The van der Waals surface area contributed by atoms with E-state index in [0.29, 0.717) is 18.4 Å². The summed E-state index contributed by atoms with van der Waals surface area (Å²) in [6.07, 6.45) is 1.65. The first kappa shape index (κ1) is 12.4. The van der Waals surface area contributed by atoms with Gasteiger partial charge in [-0.2, -0.15) is 0 Å². The Bertz CT molecular complexity index is 366. The molecule has 1 aromatic heterocycles. The number of anilines is 1. The molecule has 0 atom stereocenters. The van der Waals surface area contributed by atoms with Gasteiger partial charge in [0.15, 0.2) is 0 Å². The summed E-state index contributed by atoms with van der Waals surface area (Å²) in [6, 6.07) is 1.79. The minimum absolute atomic E-state index is 0.0678. The van der Waals surface area contributed by atoms with E-state index in [1.54, 1.807) is 17.2 Å². The van der Waals surface area contributed by atoms with Gasteiger partial charge in [0.2, 0.25) is 5.95 Å². The first-order valence-corrected chi connectivity index (χ1v) is 5.25. The number of nitrogens with zero attached hydrogens (tertiary/aromatic N) is 3. The molecule has 0 aliphatic rings. The molecule has 1 heterocycles. The zero-order valence-electron chi connectivity index (χ0n) is 9.84. The van der Waals surface area contributed by atoms with E-state index in [4.69, 9.17) is 5.11 Å². The molecule has 0 aliphatic carbocycles. The van der Waals surface area contributed by atoms with E-state index in [2.05, 4.69) is 9.97 Å². The van der Waals surface area contributed by atoms with Gasteiger partial charge in [0.05, 0.1) is 0 Å². The molecule has 5 nitrogen and oxygen atoms in total. The molecule has 16 heavy (non-hydrogen) atoms. The van der Waals surface area contributed by atoms with Gasteiger partial charge in [0.1, 0.15) is 6.54 Å². The van der Waals surface area contributed by atoms with Crippen LogP contribution in [0.4, 0.5) is 5.95 Å². The second kappa shape index (κ2) is 5.44. The van der Waals surface area contributed by atoms with Crippen LogP contribution in [0.5, 0.6) is 0 Å². The first-order valence-electron chi connectivity index (χ1n) is 5.25. The number of carbonyl (C=O) groups is 1. The fraction of sp³-hybridized carbons (Fsp3) is 0.545. The van der Waals surface area contributed by atoms with E-state index < -0.39 is 5.97 Å². The highest BCUT2D eigenvalue weighted by atomic mass is 16.4. The second-order valence-corrected chi connectivity index (χ2v) is 4.17. The molecule has 1 N–H and O–H groups in total. The maximum Gasteiger partial charge on any atom is 0.323 e. The predicted molar refractivity (Wildman–Crippen MR) is 61.5 cm³/mol. The number of carboxylic acids is 1. The van der Waals surface area contributed by atoms with Crippen molar-refractivity contribution < 1.29 is 9.90 Å². The molecule has 0 bridgehead atoms. The third-order valence-corrected chi connectivity index (χ3v) is 1.98. The molecule has 0 radical (unpaired) electrons. The molecular formula is C11H17N3O2. The molecule has 1 aromatic rings. The third kappa shape index (κ3) is 3.84. The number of aryl methyl sites for hydroxylation is 1. The Morgan fingerprint density at radius 1 is 1.56 bits per heavy atom. The van der Waals surface area contributed by atoms with Crippen LogP contribution in [0.15, 0.2) is 12.3 Å². The highest BCUT2D eigenvalue weighted by molar-refractivity contribution is 5.72. The van der Waals surface area contributed by atoms with Crippen molar-refractivity contribution in [2.75, 3.05) is 18.0 Å². The highest BCUT2D eigenvalue weighted by Gasteiger charge is 2.14. The lowest BCUT2D eigenvalue weighted by Gasteiger charge is -2.22. The summed E-state index contributed by atoms with van der Waals surface area (Å²) >= 11 is 0. The predicted octanol–water partition coefficient (Wildman–Crippen LogP) is 1.33. The number of aliphatic carboxylic acids is 1. The summed E-state index contributed by atoms with van der Waals surface area (Å²) in [5, 5.41) is 8.83. The second-order valence-electron chi connectivity index (χ2n) is 4.17. The number of rotatable bonds is 5. The molecule has 88 valence electrons. The molecule has 0 spiro atoms. The molecule has 1 rings (SSSR count). The summed E-state index contributed by atoms with van der Waals surface area (Å²) < 4.78 is 0. The molecule has 0 saturated heterocycles. The van der Waals surface area contributed by atoms with Crippen molar-refractivity contribution in [3.63, 3.8) is 0 Å². The van der Waals surface area contributed by atoms with Gasteiger partial charge in [-0.3, -0.25) is 4.79 Å². The van der Waals surface area contributed by atoms with Crippen LogP contribution >= 0.6 is 0 Å². The van der Waals surface area contributed by atoms with Crippen LogP contribution in [-0.2, 0) is 4.79 Å². The van der Waals surface area contributed by atoms with Gasteiger partial charge in [-0.25, -0.2) is 9.97 Å². The van der Waals surface area contributed by atoms with E-state index >= 15 is 0 Å². The lowest BCUT2D eigenvalue weighted by atomic mass is 10.2. The topological polar surface area (TPSA) is 66.3 Å². The van der Waals surface area contributed by atoms with Crippen LogP contribution in [0.1, 0.15) is 19.5 Å². The fourth-order valence-corrected chi connectivity index (χ4v) is 1.41. The Labute approximate surface area is 95.1 Å². The molecule has 0 unspecified atom stereocenters. The quantitative estimate of drug-likeness (QED) is 0.815. The summed E-state index contributed by atoms with van der Waals surface area (Å²) in [6.45, 7) is 6.49. The Morgan fingerprint density at radius 3 is 2.75 bits per heavy atom. The van der Waals surface area contributed by atoms with Gasteiger partial charge < -0.3 is 10.0 Å². The minimum atomic E-state index is -0.870. The maximum absolute atomic E-state index is 10.8. The Morgan fingerprint density at radius 2 is 2.25 bits per heavy atom.